The van der Waals surface area contributed by atoms with E-state index in [1.807, 2.05) is 24.3 Å². The minimum atomic E-state index is -1.00. The number of benzene rings is 2. The lowest BCUT2D eigenvalue weighted by molar-refractivity contribution is -0.131. The molecule has 0 saturated carbocycles. The van der Waals surface area contributed by atoms with Gasteiger partial charge in [-0.1, -0.05) is 36.0 Å². The van der Waals surface area contributed by atoms with Crippen LogP contribution >= 0.6 is 23.1 Å². The van der Waals surface area contributed by atoms with Gasteiger partial charge in [0, 0.05) is 0 Å². The summed E-state index contributed by atoms with van der Waals surface area (Å²) in [6.45, 7) is 0. The third-order valence-corrected chi connectivity index (χ3v) is 4.98. The Bertz CT molecular complexity index is 820. The molecule has 6 heteroatoms. The molecule has 0 aliphatic carbocycles. The molecule has 0 radical (unpaired) electrons. The van der Waals surface area contributed by atoms with Crippen LogP contribution in [0.25, 0.3) is 16.3 Å². The molecule has 4 nitrogen and oxygen atoms in total. The van der Waals surface area contributed by atoms with Crippen molar-refractivity contribution in [2.45, 2.75) is 4.34 Å². The topological polar surface area (TPSA) is 70.4 Å². The molecule has 110 valence electrons. The number of thioether (sulfide) groups is 1. The number of thiazole rings is 1. The number of para-hydroxylation sites is 1. The van der Waals surface area contributed by atoms with Gasteiger partial charge in [0.05, 0.1) is 10.2 Å². The number of carbonyl (C=O) groups is 1. The van der Waals surface area contributed by atoms with Crippen LogP contribution in [-0.2, 0) is 4.79 Å². The van der Waals surface area contributed by atoms with Crippen LogP contribution in [0.4, 0.5) is 0 Å². The van der Waals surface area contributed by atoms with Crippen LogP contribution in [0.1, 0.15) is 5.56 Å². The Morgan fingerprint density at radius 3 is 2.55 bits per heavy atom. The van der Waals surface area contributed by atoms with Gasteiger partial charge in [0.15, 0.2) is 4.34 Å². The molecule has 3 aromatic rings. The van der Waals surface area contributed by atoms with E-state index in [1.54, 1.807) is 18.2 Å². The van der Waals surface area contributed by atoms with Crippen molar-refractivity contribution in [2.24, 2.45) is 0 Å². The predicted molar refractivity (Wildman–Crippen MR) is 89.2 cm³/mol. The van der Waals surface area contributed by atoms with Crippen molar-refractivity contribution in [2.75, 3.05) is 0 Å². The summed E-state index contributed by atoms with van der Waals surface area (Å²) in [5.41, 5.74) is 1.58. The van der Waals surface area contributed by atoms with E-state index in [0.29, 0.717) is 9.90 Å². The number of hydrogen-bond donors (Lipinski definition) is 2. The normalized spacial score (nSPS) is 11.7. The first-order valence-electron chi connectivity index (χ1n) is 6.39. The highest BCUT2D eigenvalue weighted by Crippen LogP contribution is 2.34. The largest absolute Gasteiger partial charge is 0.508 e. The summed E-state index contributed by atoms with van der Waals surface area (Å²) in [5, 5.41) is 18.6. The lowest BCUT2D eigenvalue weighted by Crippen LogP contribution is -1.96. The molecule has 3 rings (SSSR count). The minimum absolute atomic E-state index is 0.146. The number of nitrogens with zero attached hydrogens (tertiary/aromatic N) is 1. The van der Waals surface area contributed by atoms with E-state index in [2.05, 4.69) is 4.98 Å². The third kappa shape index (κ3) is 3.29. The Balaban J connectivity index is 1.91. The van der Waals surface area contributed by atoms with E-state index in [4.69, 9.17) is 0 Å². The van der Waals surface area contributed by atoms with Gasteiger partial charge in [-0.05, 0) is 35.9 Å². The number of hydrogen-bond acceptors (Lipinski definition) is 5. The van der Waals surface area contributed by atoms with Crippen molar-refractivity contribution in [3.8, 4) is 5.75 Å². The Kier molecular flexibility index (Phi) is 4.13. The second-order valence-electron chi connectivity index (χ2n) is 4.45. The fraction of sp³-hybridized carbons (Fsp3) is 0. The molecule has 0 atom stereocenters. The van der Waals surface area contributed by atoms with Crippen molar-refractivity contribution < 1.29 is 15.0 Å². The van der Waals surface area contributed by atoms with E-state index in [1.165, 1.54) is 23.5 Å². The maximum Gasteiger partial charge on any atom is 0.342 e. The highest BCUT2D eigenvalue weighted by atomic mass is 32.2. The van der Waals surface area contributed by atoms with Gasteiger partial charge in [-0.25, -0.2) is 9.78 Å². The Labute approximate surface area is 134 Å². The molecule has 2 N–H and O–H groups in total. The molecule has 0 saturated heterocycles. The molecule has 22 heavy (non-hydrogen) atoms. The SMILES string of the molecule is O=C(O)/C(=C\c1ccc(O)cc1)Sc1nc2ccccc2s1. The summed E-state index contributed by atoms with van der Waals surface area (Å²) in [6.07, 6.45) is 1.57. The summed E-state index contributed by atoms with van der Waals surface area (Å²) in [6, 6.07) is 14.1. The number of aromatic hydroxyl groups is 1. The average Bonchev–Trinajstić information content (AvgIpc) is 2.91. The molecule has 2 aromatic carbocycles. The van der Waals surface area contributed by atoms with Crippen molar-refractivity contribution in [1.29, 1.82) is 0 Å². The van der Waals surface area contributed by atoms with Crippen LogP contribution in [0.5, 0.6) is 5.75 Å². The number of fused-ring (bicyclic) bond motifs is 1. The Morgan fingerprint density at radius 1 is 1.14 bits per heavy atom. The van der Waals surface area contributed by atoms with Crippen LogP contribution in [-0.4, -0.2) is 21.2 Å². The average molecular weight is 329 g/mol. The molecular formula is C16H11NO3S2. The predicted octanol–water partition coefficient (Wildman–Crippen LogP) is 4.22. The molecule has 0 bridgehead atoms. The van der Waals surface area contributed by atoms with Crippen LogP contribution in [0.3, 0.4) is 0 Å². The van der Waals surface area contributed by atoms with Crippen molar-refractivity contribution in [3.63, 3.8) is 0 Å². The van der Waals surface area contributed by atoms with E-state index in [0.717, 1.165) is 22.0 Å². The maximum atomic E-state index is 11.4. The van der Waals surface area contributed by atoms with Gasteiger partial charge in [-0.15, -0.1) is 11.3 Å². The number of rotatable bonds is 4. The van der Waals surface area contributed by atoms with Crippen LogP contribution in [0.15, 0.2) is 57.8 Å². The summed E-state index contributed by atoms with van der Waals surface area (Å²) in [5.74, 6) is -0.856. The van der Waals surface area contributed by atoms with Gasteiger partial charge in [0.2, 0.25) is 0 Å². The lowest BCUT2D eigenvalue weighted by atomic mass is 10.2. The molecule has 0 spiro atoms. The first-order chi connectivity index (χ1) is 10.6. The van der Waals surface area contributed by atoms with Gasteiger partial charge in [-0.2, -0.15) is 0 Å². The molecule has 0 unspecified atom stereocenters. The van der Waals surface area contributed by atoms with Crippen molar-refractivity contribution >= 4 is 45.4 Å². The minimum Gasteiger partial charge on any atom is -0.508 e. The van der Waals surface area contributed by atoms with Gasteiger partial charge < -0.3 is 10.2 Å². The Hall–Kier alpha value is -2.31. The number of carboxylic acids is 1. The molecule has 1 aromatic heterocycles. The van der Waals surface area contributed by atoms with Gasteiger partial charge >= 0.3 is 5.97 Å². The van der Waals surface area contributed by atoms with Crippen LogP contribution in [0.2, 0.25) is 0 Å². The lowest BCUT2D eigenvalue weighted by Gasteiger charge is -2.00. The van der Waals surface area contributed by atoms with Gasteiger partial charge in [0.25, 0.3) is 0 Å². The fourth-order valence-corrected chi connectivity index (χ4v) is 3.86. The number of aliphatic carboxylic acids is 1. The quantitative estimate of drug-likeness (QED) is 0.554. The van der Waals surface area contributed by atoms with E-state index in [-0.39, 0.29) is 10.7 Å². The first-order valence-corrected chi connectivity index (χ1v) is 8.02. The van der Waals surface area contributed by atoms with E-state index < -0.39 is 5.97 Å². The zero-order valence-corrected chi connectivity index (χ0v) is 12.9. The highest BCUT2D eigenvalue weighted by molar-refractivity contribution is 8.05. The smallest absolute Gasteiger partial charge is 0.342 e. The molecular weight excluding hydrogens is 318 g/mol. The zero-order chi connectivity index (χ0) is 15.5. The monoisotopic (exact) mass is 329 g/mol. The zero-order valence-electron chi connectivity index (χ0n) is 11.3. The molecule has 0 aliphatic rings. The van der Waals surface area contributed by atoms with Crippen LogP contribution in [0, 0.1) is 0 Å². The molecule has 0 fully saturated rings. The Morgan fingerprint density at radius 2 is 1.86 bits per heavy atom. The number of phenols is 1. The number of carboxylic acid groups (broad SMARTS) is 1. The van der Waals surface area contributed by atoms with Gasteiger partial charge in [-0.3, -0.25) is 0 Å². The van der Waals surface area contributed by atoms with Crippen molar-refractivity contribution in [3.05, 3.63) is 59.0 Å². The summed E-state index contributed by atoms with van der Waals surface area (Å²) < 4.78 is 1.72. The summed E-state index contributed by atoms with van der Waals surface area (Å²) >= 11 is 2.59. The molecule has 0 aliphatic heterocycles. The van der Waals surface area contributed by atoms with Gasteiger partial charge in [0.1, 0.15) is 10.7 Å². The summed E-state index contributed by atoms with van der Waals surface area (Å²) in [4.78, 5) is 16.0. The van der Waals surface area contributed by atoms with E-state index in [9.17, 15) is 15.0 Å². The van der Waals surface area contributed by atoms with Crippen LogP contribution < -0.4 is 0 Å². The highest BCUT2D eigenvalue weighted by Gasteiger charge is 2.13. The van der Waals surface area contributed by atoms with E-state index >= 15 is 0 Å². The fourth-order valence-electron chi connectivity index (χ4n) is 1.85. The summed E-state index contributed by atoms with van der Waals surface area (Å²) in [7, 11) is 0. The maximum absolute atomic E-state index is 11.4. The molecule has 1 heterocycles. The first kappa shape index (κ1) is 14.6. The number of phenolic OH excluding ortho intramolecular Hbond substituents is 1. The standard InChI is InChI=1S/C16H11NO3S2/c18-11-7-5-10(6-8-11)9-14(15(19)20)22-16-17-12-3-1-2-4-13(12)21-16/h1-9,18H,(H,19,20)/b14-9+. The number of aromatic nitrogens is 1. The van der Waals surface area contributed by atoms with Crippen molar-refractivity contribution in [1.82, 2.24) is 4.98 Å². The second-order valence-corrected chi connectivity index (χ2v) is 6.77. The molecule has 0 amide bonds. The third-order valence-electron chi connectivity index (χ3n) is 2.87. The second kappa shape index (κ2) is 6.21.